The Balaban J connectivity index is 1.48. The zero-order valence-corrected chi connectivity index (χ0v) is 13.7. The van der Waals surface area contributed by atoms with Gasteiger partial charge in [0.15, 0.2) is 0 Å². The van der Waals surface area contributed by atoms with Gasteiger partial charge in [-0.1, -0.05) is 36.4 Å². The summed E-state index contributed by atoms with van der Waals surface area (Å²) in [7, 11) is 2.17. The molecule has 1 atom stereocenters. The molecule has 23 heavy (non-hydrogen) atoms. The number of hydrogen-bond donors (Lipinski definition) is 0. The minimum absolute atomic E-state index is 0.522. The van der Waals surface area contributed by atoms with Crippen molar-refractivity contribution >= 4 is 17.6 Å². The molecule has 2 aliphatic rings. The van der Waals surface area contributed by atoms with Crippen molar-refractivity contribution in [2.75, 3.05) is 18.5 Å². The van der Waals surface area contributed by atoms with Gasteiger partial charge in [0.05, 0.1) is 17.4 Å². The monoisotopic (exact) mass is 305 g/mol. The van der Waals surface area contributed by atoms with Crippen LogP contribution in [-0.4, -0.2) is 30.7 Å². The summed E-state index contributed by atoms with van der Waals surface area (Å²) in [6.07, 6.45) is 4.65. The molecule has 1 unspecified atom stereocenters. The summed E-state index contributed by atoms with van der Waals surface area (Å²) in [5, 5.41) is 0. The minimum Gasteiger partial charge on any atom is -0.362 e. The largest absolute Gasteiger partial charge is 0.362 e. The maximum atomic E-state index is 4.70. The van der Waals surface area contributed by atoms with Gasteiger partial charge in [-0.2, -0.15) is 0 Å². The number of anilines is 1. The van der Waals surface area contributed by atoms with Crippen LogP contribution in [0.25, 0.3) is 0 Å². The van der Waals surface area contributed by atoms with Crippen LogP contribution in [0.4, 0.5) is 11.4 Å². The normalized spacial score (nSPS) is 19.0. The first-order valence-electron chi connectivity index (χ1n) is 8.46. The van der Waals surface area contributed by atoms with E-state index in [2.05, 4.69) is 71.6 Å². The highest BCUT2D eigenvalue weighted by molar-refractivity contribution is 5.85. The number of nitrogens with zero attached hydrogens (tertiary/aromatic N) is 3. The molecule has 0 aliphatic carbocycles. The Morgan fingerprint density at radius 2 is 1.91 bits per heavy atom. The van der Waals surface area contributed by atoms with E-state index in [0.717, 1.165) is 25.3 Å². The van der Waals surface area contributed by atoms with Crippen molar-refractivity contribution < 1.29 is 0 Å². The van der Waals surface area contributed by atoms with Crippen LogP contribution >= 0.6 is 0 Å². The summed E-state index contributed by atoms with van der Waals surface area (Å²) < 4.78 is 0. The molecule has 2 heterocycles. The molecule has 2 aromatic carbocycles. The number of rotatable bonds is 4. The number of benzene rings is 2. The van der Waals surface area contributed by atoms with Crippen molar-refractivity contribution in [3.8, 4) is 0 Å². The van der Waals surface area contributed by atoms with Crippen molar-refractivity contribution in [2.24, 2.45) is 4.99 Å². The molecule has 1 fully saturated rings. The highest BCUT2D eigenvalue weighted by Crippen LogP contribution is 2.37. The molecular formula is C20H23N3. The first kappa shape index (κ1) is 14.5. The van der Waals surface area contributed by atoms with Gasteiger partial charge in [-0.15, -0.1) is 0 Å². The number of hydrogen-bond acceptors (Lipinski definition) is 3. The van der Waals surface area contributed by atoms with Crippen LogP contribution < -0.4 is 4.90 Å². The lowest BCUT2D eigenvalue weighted by atomic mass is 10.1. The lowest BCUT2D eigenvalue weighted by molar-refractivity contribution is 0.319. The Morgan fingerprint density at radius 1 is 1.09 bits per heavy atom. The molecule has 3 nitrogen and oxygen atoms in total. The molecule has 0 saturated carbocycles. The summed E-state index contributed by atoms with van der Waals surface area (Å²) in [6.45, 7) is 3.08. The summed E-state index contributed by atoms with van der Waals surface area (Å²) in [5.41, 5.74) is 5.13. The van der Waals surface area contributed by atoms with E-state index in [1.165, 1.54) is 29.7 Å². The van der Waals surface area contributed by atoms with Crippen molar-refractivity contribution in [2.45, 2.75) is 32.0 Å². The first-order valence-corrected chi connectivity index (χ1v) is 8.46. The summed E-state index contributed by atoms with van der Waals surface area (Å²) in [4.78, 5) is 9.55. The molecular weight excluding hydrogens is 282 g/mol. The quantitative estimate of drug-likeness (QED) is 0.850. The predicted octanol–water partition coefficient (Wildman–Crippen LogP) is 4.00. The maximum Gasteiger partial charge on any atom is 0.0863 e. The van der Waals surface area contributed by atoms with E-state index in [9.17, 15) is 0 Å². The molecule has 0 amide bonds. The van der Waals surface area contributed by atoms with Crippen LogP contribution in [0.15, 0.2) is 53.5 Å². The Labute approximate surface area is 138 Å². The van der Waals surface area contributed by atoms with E-state index >= 15 is 0 Å². The van der Waals surface area contributed by atoms with E-state index in [0.29, 0.717) is 6.04 Å². The van der Waals surface area contributed by atoms with E-state index in [1.807, 2.05) is 0 Å². The molecule has 2 aromatic rings. The van der Waals surface area contributed by atoms with Gasteiger partial charge in [-0.25, -0.2) is 0 Å². The molecule has 0 radical (unpaired) electrons. The van der Waals surface area contributed by atoms with Crippen LogP contribution in [0.3, 0.4) is 0 Å². The van der Waals surface area contributed by atoms with Gasteiger partial charge in [0.25, 0.3) is 0 Å². The SMILES string of the molecule is CN(Cc1ccccc1)Cc1ccc2c(c1)N=CC1CCCN21. The second-order valence-corrected chi connectivity index (χ2v) is 6.66. The van der Waals surface area contributed by atoms with Crippen LogP contribution in [0.1, 0.15) is 24.0 Å². The smallest absolute Gasteiger partial charge is 0.0863 e. The van der Waals surface area contributed by atoms with Crippen molar-refractivity contribution in [3.63, 3.8) is 0 Å². The summed E-state index contributed by atoms with van der Waals surface area (Å²) >= 11 is 0. The Morgan fingerprint density at radius 3 is 2.78 bits per heavy atom. The van der Waals surface area contributed by atoms with Crippen molar-refractivity contribution in [1.29, 1.82) is 0 Å². The van der Waals surface area contributed by atoms with E-state index in [-0.39, 0.29) is 0 Å². The Bertz CT molecular complexity index is 708. The molecule has 2 aliphatic heterocycles. The van der Waals surface area contributed by atoms with Crippen molar-refractivity contribution in [3.05, 3.63) is 59.7 Å². The lowest BCUT2D eigenvalue weighted by Crippen LogP contribution is -2.32. The summed E-state index contributed by atoms with van der Waals surface area (Å²) in [6, 6.07) is 17.9. The average Bonchev–Trinajstić information content (AvgIpc) is 3.04. The second kappa shape index (κ2) is 6.17. The van der Waals surface area contributed by atoms with Gasteiger partial charge in [0.1, 0.15) is 0 Å². The van der Waals surface area contributed by atoms with Gasteiger partial charge < -0.3 is 4.90 Å². The third-order valence-corrected chi connectivity index (χ3v) is 4.78. The minimum atomic E-state index is 0.522. The van der Waals surface area contributed by atoms with Crippen LogP contribution in [-0.2, 0) is 13.1 Å². The van der Waals surface area contributed by atoms with Gasteiger partial charge in [0.2, 0.25) is 0 Å². The van der Waals surface area contributed by atoms with Gasteiger partial charge >= 0.3 is 0 Å². The molecule has 0 bridgehead atoms. The number of aliphatic imine (C=N–C) groups is 1. The fourth-order valence-electron chi connectivity index (χ4n) is 3.69. The molecule has 0 spiro atoms. The average molecular weight is 305 g/mol. The highest BCUT2D eigenvalue weighted by Gasteiger charge is 2.27. The predicted molar refractivity (Wildman–Crippen MR) is 96.6 cm³/mol. The third-order valence-electron chi connectivity index (χ3n) is 4.78. The first-order chi connectivity index (χ1) is 11.3. The highest BCUT2D eigenvalue weighted by atomic mass is 15.2. The number of fused-ring (bicyclic) bond motifs is 3. The zero-order valence-electron chi connectivity index (χ0n) is 13.7. The third kappa shape index (κ3) is 3.02. The van der Waals surface area contributed by atoms with E-state index < -0.39 is 0 Å². The standard InChI is InChI=1S/C20H23N3/c1-22(14-16-6-3-2-4-7-16)15-17-9-10-20-19(12-17)21-13-18-8-5-11-23(18)20/h2-4,6-7,9-10,12-13,18H,5,8,11,14-15H2,1H3. The second-order valence-electron chi connectivity index (χ2n) is 6.66. The molecule has 0 aromatic heterocycles. The van der Waals surface area contributed by atoms with Crippen LogP contribution in [0.5, 0.6) is 0 Å². The molecule has 3 heteroatoms. The molecule has 4 rings (SSSR count). The fraction of sp³-hybridized carbons (Fsp3) is 0.350. The lowest BCUT2D eigenvalue weighted by Gasteiger charge is -2.29. The Hall–Kier alpha value is -2.13. The van der Waals surface area contributed by atoms with E-state index in [1.54, 1.807) is 0 Å². The molecule has 118 valence electrons. The topological polar surface area (TPSA) is 18.8 Å². The van der Waals surface area contributed by atoms with Crippen LogP contribution in [0, 0.1) is 0 Å². The zero-order chi connectivity index (χ0) is 15.6. The van der Waals surface area contributed by atoms with Crippen molar-refractivity contribution in [1.82, 2.24) is 4.90 Å². The molecule has 1 saturated heterocycles. The van der Waals surface area contributed by atoms with Crippen LogP contribution in [0.2, 0.25) is 0 Å². The summed E-state index contributed by atoms with van der Waals surface area (Å²) in [5.74, 6) is 0. The van der Waals surface area contributed by atoms with Gasteiger partial charge in [-0.05, 0) is 43.1 Å². The van der Waals surface area contributed by atoms with Gasteiger partial charge in [0, 0.05) is 25.8 Å². The fourth-order valence-corrected chi connectivity index (χ4v) is 3.69. The Kier molecular flexibility index (Phi) is 3.88. The van der Waals surface area contributed by atoms with E-state index in [4.69, 9.17) is 4.99 Å². The maximum absolute atomic E-state index is 4.70. The van der Waals surface area contributed by atoms with Gasteiger partial charge in [-0.3, -0.25) is 9.89 Å². The molecule has 0 N–H and O–H groups in total.